The van der Waals surface area contributed by atoms with Gasteiger partial charge in [0.15, 0.2) is 5.82 Å². The molecule has 0 aliphatic rings. The third-order valence-electron chi connectivity index (χ3n) is 3.48. The molecule has 0 saturated heterocycles. The van der Waals surface area contributed by atoms with Gasteiger partial charge in [0, 0.05) is 16.9 Å². The van der Waals surface area contributed by atoms with Gasteiger partial charge in [-0.3, -0.25) is 0 Å². The van der Waals surface area contributed by atoms with Gasteiger partial charge in [-0.1, -0.05) is 18.2 Å². The molecular formula is C16H14F3N5O. The van der Waals surface area contributed by atoms with E-state index in [9.17, 15) is 13.2 Å². The second-order valence-electron chi connectivity index (χ2n) is 5.20. The highest BCUT2D eigenvalue weighted by molar-refractivity contribution is 5.77. The number of alkyl halides is 3. The molecule has 9 heteroatoms. The molecule has 0 saturated carbocycles. The van der Waals surface area contributed by atoms with Crippen LogP contribution < -0.4 is 5.32 Å². The third kappa shape index (κ3) is 3.77. The molecular weight excluding hydrogens is 335 g/mol. The fourth-order valence-electron chi connectivity index (χ4n) is 2.36. The molecule has 0 spiro atoms. The summed E-state index contributed by atoms with van der Waals surface area (Å²) in [6.45, 7) is 0.0709. The standard InChI is InChI=1S/C16H14F3N5O/c17-16(18,19)11-4-3-5-12(10-11)20-14-7-2-1-6-13(14)15-21-22-23-24(15)8-9-25/h1-7,10,20,25H,8-9H2. The minimum Gasteiger partial charge on any atom is -0.394 e. The second kappa shape index (κ2) is 6.89. The molecule has 25 heavy (non-hydrogen) atoms. The Kier molecular flexibility index (Phi) is 4.66. The highest BCUT2D eigenvalue weighted by Crippen LogP contribution is 2.33. The van der Waals surface area contributed by atoms with E-state index in [4.69, 9.17) is 5.11 Å². The van der Waals surface area contributed by atoms with Crippen molar-refractivity contribution in [2.45, 2.75) is 12.7 Å². The largest absolute Gasteiger partial charge is 0.416 e. The van der Waals surface area contributed by atoms with E-state index in [1.807, 2.05) is 0 Å². The number of hydrogen-bond acceptors (Lipinski definition) is 5. The monoisotopic (exact) mass is 349 g/mol. The van der Waals surface area contributed by atoms with Crippen LogP contribution in [0.25, 0.3) is 11.4 Å². The zero-order valence-electron chi connectivity index (χ0n) is 12.9. The molecule has 0 aliphatic carbocycles. The van der Waals surface area contributed by atoms with Crippen LogP contribution >= 0.6 is 0 Å². The van der Waals surface area contributed by atoms with Gasteiger partial charge in [-0.15, -0.1) is 5.10 Å². The van der Waals surface area contributed by atoms with Crippen molar-refractivity contribution in [1.82, 2.24) is 20.2 Å². The summed E-state index contributed by atoms with van der Waals surface area (Å²) in [7, 11) is 0. The minimum absolute atomic E-state index is 0.138. The van der Waals surface area contributed by atoms with Crippen LogP contribution in [0, 0.1) is 0 Å². The molecule has 0 aliphatic heterocycles. The van der Waals surface area contributed by atoms with Crippen LogP contribution in [0.2, 0.25) is 0 Å². The molecule has 0 unspecified atom stereocenters. The summed E-state index contributed by atoms with van der Waals surface area (Å²) in [5, 5.41) is 23.4. The summed E-state index contributed by atoms with van der Waals surface area (Å²) in [4.78, 5) is 0. The molecule has 2 aromatic carbocycles. The lowest BCUT2D eigenvalue weighted by Crippen LogP contribution is -2.07. The predicted molar refractivity (Wildman–Crippen MR) is 85.1 cm³/mol. The number of anilines is 2. The van der Waals surface area contributed by atoms with Crippen LogP contribution in [0.5, 0.6) is 0 Å². The Hall–Kier alpha value is -2.94. The van der Waals surface area contributed by atoms with Crippen molar-refractivity contribution in [3.8, 4) is 11.4 Å². The van der Waals surface area contributed by atoms with Crippen LogP contribution in [-0.4, -0.2) is 31.9 Å². The van der Waals surface area contributed by atoms with E-state index >= 15 is 0 Å². The lowest BCUT2D eigenvalue weighted by molar-refractivity contribution is -0.137. The van der Waals surface area contributed by atoms with Gasteiger partial charge < -0.3 is 10.4 Å². The van der Waals surface area contributed by atoms with Crippen molar-refractivity contribution >= 4 is 11.4 Å². The van der Waals surface area contributed by atoms with Crippen molar-refractivity contribution in [2.24, 2.45) is 0 Å². The first kappa shape index (κ1) is 16.9. The molecule has 1 aromatic heterocycles. The number of tetrazole rings is 1. The van der Waals surface area contributed by atoms with Gasteiger partial charge in [-0.25, -0.2) is 4.68 Å². The normalized spacial score (nSPS) is 11.5. The first-order valence-electron chi connectivity index (χ1n) is 7.40. The number of halogens is 3. The quantitative estimate of drug-likeness (QED) is 0.740. The van der Waals surface area contributed by atoms with E-state index in [2.05, 4.69) is 20.8 Å². The Morgan fingerprint density at radius 3 is 2.64 bits per heavy atom. The number of nitrogens with one attached hydrogen (secondary N) is 1. The Morgan fingerprint density at radius 1 is 1.08 bits per heavy atom. The molecule has 0 radical (unpaired) electrons. The van der Waals surface area contributed by atoms with Crippen LogP contribution in [0.3, 0.4) is 0 Å². The van der Waals surface area contributed by atoms with Crippen LogP contribution in [0.1, 0.15) is 5.56 Å². The molecule has 6 nitrogen and oxygen atoms in total. The summed E-state index contributed by atoms with van der Waals surface area (Å²) < 4.78 is 40.0. The van der Waals surface area contributed by atoms with E-state index in [-0.39, 0.29) is 13.2 Å². The molecule has 3 aromatic rings. The first-order chi connectivity index (χ1) is 12.0. The predicted octanol–water partition coefficient (Wildman–Crippen LogP) is 3.09. The molecule has 1 heterocycles. The number of nitrogens with zero attached hydrogens (tertiary/aromatic N) is 4. The maximum atomic E-state index is 12.9. The maximum absolute atomic E-state index is 12.9. The third-order valence-corrected chi connectivity index (χ3v) is 3.48. The molecule has 130 valence electrons. The topological polar surface area (TPSA) is 75.9 Å². The molecule has 0 atom stereocenters. The van der Waals surface area contributed by atoms with Crippen LogP contribution in [0.4, 0.5) is 24.5 Å². The number of benzene rings is 2. The highest BCUT2D eigenvalue weighted by Gasteiger charge is 2.30. The number of para-hydroxylation sites is 1. The van der Waals surface area contributed by atoms with Crippen LogP contribution in [-0.2, 0) is 12.7 Å². The number of aliphatic hydroxyl groups excluding tert-OH is 1. The summed E-state index contributed by atoms with van der Waals surface area (Å²) in [6, 6.07) is 11.9. The van der Waals surface area contributed by atoms with E-state index in [1.165, 1.54) is 10.7 Å². The smallest absolute Gasteiger partial charge is 0.394 e. The molecule has 0 bridgehead atoms. The van der Waals surface area contributed by atoms with Gasteiger partial charge >= 0.3 is 6.18 Å². The Morgan fingerprint density at radius 2 is 1.88 bits per heavy atom. The zero-order chi connectivity index (χ0) is 17.9. The molecule has 0 amide bonds. The minimum atomic E-state index is -4.41. The average molecular weight is 349 g/mol. The van der Waals surface area contributed by atoms with Gasteiger partial charge in [-0.05, 0) is 40.8 Å². The van der Waals surface area contributed by atoms with Crippen LogP contribution in [0.15, 0.2) is 48.5 Å². The SMILES string of the molecule is OCCn1nnnc1-c1ccccc1Nc1cccc(C(F)(F)F)c1. The Labute approximate surface area is 140 Å². The Bertz CT molecular complexity index is 863. The van der Waals surface area contributed by atoms with Gasteiger partial charge in [0.05, 0.1) is 18.7 Å². The number of aliphatic hydroxyl groups is 1. The average Bonchev–Trinajstić information content (AvgIpc) is 3.03. The molecule has 2 N–H and O–H groups in total. The lowest BCUT2D eigenvalue weighted by Gasteiger charge is -2.13. The molecule has 3 rings (SSSR count). The van der Waals surface area contributed by atoms with E-state index in [1.54, 1.807) is 30.3 Å². The highest BCUT2D eigenvalue weighted by atomic mass is 19.4. The summed E-state index contributed by atoms with van der Waals surface area (Å²) in [5.41, 5.74) is 0.720. The number of hydrogen-bond donors (Lipinski definition) is 2. The summed E-state index contributed by atoms with van der Waals surface area (Å²) in [6.07, 6.45) is -4.41. The molecule has 0 fully saturated rings. The van der Waals surface area contributed by atoms with Gasteiger partial charge in [0.2, 0.25) is 0 Å². The van der Waals surface area contributed by atoms with E-state index in [0.717, 1.165) is 12.1 Å². The Balaban J connectivity index is 1.96. The fraction of sp³-hybridized carbons (Fsp3) is 0.188. The number of rotatable bonds is 5. The lowest BCUT2D eigenvalue weighted by atomic mass is 10.1. The van der Waals surface area contributed by atoms with Crippen molar-refractivity contribution in [2.75, 3.05) is 11.9 Å². The van der Waals surface area contributed by atoms with Crippen molar-refractivity contribution < 1.29 is 18.3 Å². The second-order valence-corrected chi connectivity index (χ2v) is 5.20. The first-order valence-corrected chi connectivity index (χ1v) is 7.40. The van der Waals surface area contributed by atoms with Crippen molar-refractivity contribution in [3.63, 3.8) is 0 Å². The van der Waals surface area contributed by atoms with E-state index < -0.39 is 11.7 Å². The van der Waals surface area contributed by atoms with Gasteiger partial charge in [0.25, 0.3) is 0 Å². The van der Waals surface area contributed by atoms with E-state index in [0.29, 0.717) is 22.8 Å². The van der Waals surface area contributed by atoms with Crippen molar-refractivity contribution in [1.29, 1.82) is 0 Å². The van der Waals surface area contributed by atoms with Crippen molar-refractivity contribution in [3.05, 3.63) is 54.1 Å². The summed E-state index contributed by atoms with van der Waals surface area (Å²) in [5.74, 6) is 0.407. The fourth-order valence-corrected chi connectivity index (χ4v) is 2.36. The maximum Gasteiger partial charge on any atom is 0.416 e. The van der Waals surface area contributed by atoms with Gasteiger partial charge in [0.1, 0.15) is 0 Å². The number of aromatic nitrogens is 4. The zero-order valence-corrected chi connectivity index (χ0v) is 12.9. The van der Waals surface area contributed by atoms with Gasteiger partial charge in [-0.2, -0.15) is 13.2 Å². The summed E-state index contributed by atoms with van der Waals surface area (Å²) >= 11 is 0.